The van der Waals surface area contributed by atoms with Gasteiger partial charge in [0.1, 0.15) is 36.2 Å². The van der Waals surface area contributed by atoms with Crippen LogP contribution in [0.5, 0.6) is 0 Å². The quantitative estimate of drug-likeness (QED) is 0.477. The Morgan fingerprint density at radius 2 is 2.42 bits per heavy atom. The number of aromatic nitrogens is 2. The van der Waals surface area contributed by atoms with Crippen molar-refractivity contribution in [3.05, 3.63) is 12.0 Å². The molecule has 3 heterocycles. The molecule has 1 saturated heterocycles. The molecule has 2 aliphatic rings. The Kier molecular flexibility index (Phi) is 2.73. The van der Waals surface area contributed by atoms with Crippen molar-refractivity contribution in [2.24, 2.45) is 10.7 Å². The molecule has 1 fully saturated rings. The summed E-state index contributed by atoms with van der Waals surface area (Å²) in [6, 6.07) is 0. The molecule has 1 aromatic rings. The van der Waals surface area contributed by atoms with Crippen molar-refractivity contribution in [1.82, 2.24) is 9.55 Å². The summed E-state index contributed by atoms with van der Waals surface area (Å²) in [6.07, 6.45) is -1.91. The SMILES string of the molecule is NC1=NCNc2c1ncn2[C@@H]1O[C@H](CO)[C@@H](O)C1=O. The second-order valence-electron chi connectivity index (χ2n) is 4.28. The van der Waals surface area contributed by atoms with Crippen molar-refractivity contribution in [2.75, 3.05) is 18.6 Å². The minimum atomic E-state index is -1.34. The van der Waals surface area contributed by atoms with E-state index in [1.807, 2.05) is 0 Å². The van der Waals surface area contributed by atoms with Crippen LogP contribution in [0.1, 0.15) is 11.9 Å². The van der Waals surface area contributed by atoms with Crippen molar-refractivity contribution in [2.45, 2.75) is 18.4 Å². The first-order valence-corrected chi connectivity index (χ1v) is 5.72. The molecular weight excluding hydrogens is 254 g/mol. The number of rotatable bonds is 2. The maximum absolute atomic E-state index is 11.9. The highest BCUT2D eigenvalue weighted by atomic mass is 16.6. The van der Waals surface area contributed by atoms with Gasteiger partial charge in [0.05, 0.1) is 12.9 Å². The standard InChI is InChI=1S/C10H13N5O4/c11-8-5-9(13-2-12-8)15(3-14-5)10-7(18)6(17)4(1-16)19-10/h3-4,6,10,13,16-17H,1-2H2,(H2,11,12)/t4-,6-,10-/m1/s1. The third kappa shape index (κ3) is 1.70. The average molecular weight is 267 g/mol. The van der Waals surface area contributed by atoms with E-state index in [1.165, 1.54) is 10.9 Å². The van der Waals surface area contributed by atoms with Crippen molar-refractivity contribution < 1.29 is 19.7 Å². The average Bonchev–Trinajstić information content (AvgIpc) is 2.94. The minimum Gasteiger partial charge on any atom is -0.394 e. The van der Waals surface area contributed by atoms with Gasteiger partial charge in [-0.15, -0.1) is 0 Å². The van der Waals surface area contributed by atoms with Gasteiger partial charge < -0.3 is 26.0 Å². The molecular formula is C10H13N5O4. The number of ether oxygens (including phenoxy) is 1. The summed E-state index contributed by atoms with van der Waals surface area (Å²) in [5.74, 6) is 0.260. The molecule has 0 bridgehead atoms. The number of imidazole rings is 1. The largest absolute Gasteiger partial charge is 0.394 e. The Morgan fingerprint density at radius 1 is 1.63 bits per heavy atom. The van der Waals surface area contributed by atoms with E-state index in [2.05, 4.69) is 15.3 Å². The van der Waals surface area contributed by atoms with Crippen molar-refractivity contribution in [3.63, 3.8) is 0 Å². The molecule has 0 saturated carbocycles. The molecule has 102 valence electrons. The van der Waals surface area contributed by atoms with Crippen LogP contribution in [0.3, 0.4) is 0 Å². The molecule has 0 aliphatic carbocycles. The number of carbonyl (C=O) groups is 1. The maximum atomic E-state index is 11.9. The zero-order valence-corrected chi connectivity index (χ0v) is 9.85. The topological polar surface area (TPSA) is 135 Å². The number of nitrogens with zero attached hydrogens (tertiary/aromatic N) is 3. The lowest BCUT2D eigenvalue weighted by atomic mass is 10.1. The zero-order valence-electron chi connectivity index (χ0n) is 9.85. The number of hydrogen-bond acceptors (Lipinski definition) is 8. The molecule has 19 heavy (non-hydrogen) atoms. The summed E-state index contributed by atoms with van der Waals surface area (Å²) >= 11 is 0. The number of Topliss-reactive ketones (excluding diaryl/α,β-unsaturated/α-hetero) is 1. The number of aliphatic hydroxyl groups is 2. The molecule has 9 heteroatoms. The zero-order chi connectivity index (χ0) is 13.6. The Bertz CT molecular complexity index is 554. The van der Waals surface area contributed by atoms with Crippen LogP contribution in [-0.2, 0) is 9.53 Å². The van der Waals surface area contributed by atoms with E-state index < -0.39 is 30.8 Å². The van der Waals surface area contributed by atoms with Crippen molar-refractivity contribution in [3.8, 4) is 0 Å². The molecule has 3 rings (SSSR count). The highest BCUT2D eigenvalue weighted by Gasteiger charge is 2.44. The number of hydrogen-bond donors (Lipinski definition) is 4. The van der Waals surface area contributed by atoms with Crippen molar-refractivity contribution >= 4 is 17.4 Å². The smallest absolute Gasteiger partial charge is 0.213 e. The number of anilines is 1. The third-order valence-electron chi connectivity index (χ3n) is 3.16. The van der Waals surface area contributed by atoms with E-state index in [1.54, 1.807) is 0 Å². The van der Waals surface area contributed by atoms with Gasteiger partial charge in [0.15, 0.2) is 6.23 Å². The highest BCUT2D eigenvalue weighted by molar-refractivity contribution is 6.01. The number of nitrogens with two attached hydrogens (primary N) is 1. The number of aliphatic imine (C=N–C) groups is 1. The first-order chi connectivity index (χ1) is 9.13. The predicted molar refractivity (Wildman–Crippen MR) is 63.5 cm³/mol. The van der Waals surface area contributed by atoms with E-state index >= 15 is 0 Å². The Hall–Kier alpha value is -1.97. The molecule has 0 unspecified atom stereocenters. The van der Waals surface area contributed by atoms with Crippen LogP contribution >= 0.6 is 0 Å². The van der Waals surface area contributed by atoms with Gasteiger partial charge in [-0.2, -0.15) is 0 Å². The highest BCUT2D eigenvalue weighted by Crippen LogP contribution is 2.30. The van der Waals surface area contributed by atoms with Crippen molar-refractivity contribution in [1.29, 1.82) is 0 Å². The first kappa shape index (κ1) is 12.1. The van der Waals surface area contributed by atoms with Gasteiger partial charge >= 0.3 is 0 Å². The van der Waals surface area contributed by atoms with Crippen LogP contribution in [0.15, 0.2) is 11.3 Å². The van der Waals surface area contributed by atoms with Gasteiger partial charge in [-0.25, -0.2) is 9.98 Å². The predicted octanol–water partition coefficient (Wildman–Crippen LogP) is -2.21. The second kappa shape index (κ2) is 4.30. The van der Waals surface area contributed by atoms with Crippen LogP contribution < -0.4 is 11.1 Å². The van der Waals surface area contributed by atoms with Gasteiger partial charge in [-0.3, -0.25) is 9.36 Å². The fourth-order valence-corrected chi connectivity index (χ4v) is 2.16. The lowest BCUT2D eigenvalue weighted by Crippen LogP contribution is -2.29. The van der Waals surface area contributed by atoms with Gasteiger partial charge in [0.2, 0.25) is 5.78 Å². The Balaban J connectivity index is 1.96. The van der Waals surface area contributed by atoms with Crippen LogP contribution in [0, 0.1) is 0 Å². The van der Waals surface area contributed by atoms with Gasteiger partial charge in [-0.1, -0.05) is 0 Å². The third-order valence-corrected chi connectivity index (χ3v) is 3.16. The van der Waals surface area contributed by atoms with Crippen LogP contribution in [0.4, 0.5) is 5.82 Å². The summed E-state index contributed by atoms with van der Waals surface area (Å²) in [7, 11) is 0. The molecule has 3 atom stereocenters. The van der Waals surface area contributed by atoms with E-state index in [4.69, 9.17) is 15.6 Å². The summed E-state index contributed by atoms with van der Waals surface area (Å²) in [6.45, 7) is -0.158. The normalized spacial score (nSPS) is 29.9. The summed E-state index contributed by atoms with van der Waals surface area (Å²) < 4.78 is 6.78. The lowest BCUT2D eigenvalue weighted by Gasteiger charge is -2.18. The van der Waals surface area contributed by atoms with Crippen LogP contribution in [0.2, 0.25) is 0 Å². The molecule has 2 aliphatic heterocycles. The molecule has 0 radical (unpaired) electrons. The summed E-state index contributed by atoms with van der Waals surface area (Å²) in [4.78, 5) is 19.9. The van der Waals surface area contributed by atoms with Crippen LogP contribution in [0.25, 0.3) is 0 Å². The van der Waals surface area contributed by atoms with Crippen LogP contribution in [-0.4, -0.2) is 56.9 Å². The number of aliphatic hydroxyl groups excluding tert-OH is 2. The molecule has 9 nitrogen and oxygen atoms in total. The van der Waals surface area contributed by atoms with Gasteiger partial charge in [-0.05, 0) is 0 Å². The summed E-state index contributed by atoms with van der Waals surface area (Å²) in [5.41, 5.74) is 6.13. The number of carbonyl (C=O) groups excluding carboxylic acids is 1. The van der Waals surface area contributed by atoms with E-state index in [0.717, 1.165) is 0 Å². The van der Waals surface area contributed by atoms with Gasteiger partial charge in [0.25, 0.3) is 0 Å². The lowest BCUT2D eigenvalue weighted by molar-refractivity contribution is -0.130. The molecule has 0 aromatic carbocycles. The summed E-state index contributed by atoms with van der Waals surface area (Å²) in [5, 5.41) is 21.6. The Morgan fingerprint density at radius 3 is 3.11 bits per heavy atom. The molecule has 0 spiro atoms. The number of amidine groups is 1. The number of nitrogens with one attached hydrogen (secondary N) is 1. The number of fused-ring (bicyclic) bond motifs is 1. The molecule has 1 aromatic heterocycles. The fourth-order valence-electron chi connectivity index (χ4n) is 2.16. The molecule has 5 N–H and O–H groups in total. The second-order valence-corrected chi connectivity index (χ2v) is 4.28. The van der Waals surface area contributed by atoms with E-state index in [0.29, 0.717) is 11.5 Å². The monoisotopic (exact) mass is 267 g/mol. The number of ketones is 1. The minimum absolute atomic E-state index is 0.275. The molecule has 0 amide bonds. The van der Waals surface area contributed by atoms with E-state index in [9.17, 15) is 9.90 Å². The fraction of sp³-hybridized carbons (Fsp3) is 0.500. The van der Waals surface area contributed by atoms with E-state index in [-0.39, 0.29) is 12.5 Å². The van der Waals surface area contributed by atoms with Gasteiger partial charge in [0, 0.05) is 0 Å². The first-order valence-electron chi connectivity index (χ1n) is 5.72. The maximum Gasteiger partial charge on any atom is 0.213 e. The Labute approximate surface area is 107 Å².